The first-order chi connectivity index (χ1) is 9.99. The average molecular weight is 278 g/mol. The monoisotopic (exact) mass is 278 g/mol. The molecular weight excluding hydrogens is 264 g/mol. The Morgan fingerprint density at radius 3 is 2.24 bits per heavy atom. The van der Waals surface area contributed by atoms with Crippen LogP contribution in [0.1, 0.15) is 22.5 Å². The van der Waals surface area contributed by atoms with Crippen molar-refractivity contribution in [3.8, 4) is 23.3 Å². The van der Waals surface area contributed by atoms with E-state index in [1.807, 2.05) is 6.92 Å². The summed E-state index contributed by atoms with van der Waals surface area (Å²) in [6.07, 6.45) is 0. The van der Waals surface area contributed by atoms with Crippen molar-refractivity contribution in [3.05, 3.63) is 46.8 Å². The highest BCUT2D eigenvalue weighted by Gasteiger charge is 2.19. The molecule has 21 heavy (non-hydrogen) atoms. The summed E-state index contributed by atoms with van der Waals surface area (Å²) in [7, 11) is 0. The summed E-state index contributed by atoms with van der Waals surface area (Å²) in [5.41, 5.74) is 9.49. The minimum Gasteiger partial charge on any atom is -0.368 e. The van der Waals surface area contributed by atoms with Crippen LogP contribution in [0.2, 0.25) is 0 Å². The summed E-state index contributed by atoms with van der Waals surface area (Å²) in [4.78, 5) is 11.2. The maximum atomic E-state index is 11.2. The first-order valence-electron chi connectivity index (χ1n) is 6.38. The third kappa shape index (κ3) is 2.50. The van der Waals surface area contributed by atoms with Gasteiger partial charge in [0.25, 0.3) is 0 Å². The lowest BCUT2D eigenvalue weighted by atomic mass is 10.0. The van der Waals surface area contributed by atoms with E-state index in [9.17, 15) is 10.1 Å². The minimum absolute atomic E-state index is 0.0443. The zero-order chi connectivity index (χ0) is 15.6. The molecule has 2 rings (SSSR count). The SMILES string of the molecule is Cc1c(C#N)c(-c2ccc(C#N)cc2)c(C)n1CC(N)=O. The number of primary amides is 1. The smallest absolute Gasteiger partial charge is 0.237 e. The Morgan fingerprint density at radius 2 is 1.76 bits per heavy atom. The Morgan fingerprint density at radius 1 is 1.14 bits per heavy atom. The van der Waals surface area contributed by atoms with E-state index in [1.165, 1.54) is 0 Å². The number of nitriles is 2. The van der Waals surface area contributed by atoms with Crippen LogP contribution in [0.15, 0.2) is 24.3 Å². The molecule has 0 aliphatic rings. The molecule has 0 fully saturated rings. The molecule has 0 spiro atoms. The molecule has 0 bridgehead atoms. The Labute approximate surface area is 122 Å². The lowest BCUT2D eigenvalue weighted by Gasteiger charge is -2.07. The molecule has 0 aliphatic heterocycles. The van der Waals surface area contributed by atoms with Gasteiger partial charge in [-0.1, -0.05) is 12.1 Å². The molecule has 5 nitrogen and oxygen atoms in total. The molecule has 104 valence electrons. The number of hydrogen-bond acceptors (Lipinski definition) is 3. The number of rotatable bonds is 3. The molecule has 0 saturated heterocycles. The van der Waals surface area contributed by atoms with Crippen molar-refractivity contribution < 1.29 is 4.79 Å². The van der Waals surface area contributed by atoms with Crippen LogP contribution in [0.5, 0.6) is 0 Å². The number of aromatic nitrogens is 1. The topological polar surface area (TPSA) is 95.6 Å². The lowest BCUT2D eigenvalue weighted by Crippen LogP contribution is -2.20. The molecule has 0 aliphatic carbocycles. The van der Waals surface area contributed by atoms with Gasteiger partial charge in [-0.15, -0.1) is 0 Å². The van der Waals surface area contributed by atoms with Crippen LogP contribution in [-0.2, 0) is 11.3 Å². The Hall–Kier alpha value is -3.05. The molecular formula is C16H14N4O. The van der Waals surface area contributed by atoms with Gasteiger partial charge in [-0.3, -0.25) is 4.79 Å². The van der Waals surface area contributed by atoms with Crippen molar-refractivity contribution in [2.24, 2.45) is 5.73 Å². The van der Waals surface area contributed by atoms with Crippen LogP contribution < -0.4 is 5.73 Å². The number of carbonyl (C=O) groups excluding carboxylic acids is 1. The van der Waals surface area contributed by atoms with E-state index in [0.29, 0.717) is 16.8 Å². The molecule has 1 aromatic heterocycles. The van der Waals surface area contributed by atoms with Gasteiger partial charge in [0.05, 0.1) is 17.2 Å². The summed E-state index contributed by atoms with van der Waals surface area (Å²) >= 11 is 0. The van der Waals surface area contributed by atoms with Gasteiger partial charge < -0.3 is 10.3 Å². The van der Waals surface area contributed by atoms with Crippen molar-refractivity contribution in [1.82, 2.24) is 4.57 Å². The van der Waals surface area contributed by atoms with E-state index in [4.69, 9.17) is 11.0 Å². The highest BCUT2D eigenvalue weighted by molar-refractivity contribution is 5.78. The van der Waals surface area contributed by atoms with E-state index in [0.717, 1.165) is 16.8 Å². The molecule has 2 N–H and O–H groups in total. The fourth-order valence-corrected chi connectivity index (χ4v) is 2.48. The summed E-state index contributed by atoms with van der Waals surface area (Å²) in [6.45, 7) is 3.69. The summed E-state index contributed by atoms with van der Waals surface area (Å²) in [5.74, 6) is -0.452. The first-order valence-corrected chi connectivity index (χ1v) is 6.38. The standard InChI is InChI=1S/C16H14N4O/c1-10-14(8-18)16(11(2)20(10)9-15(19)21)13-5-3-12(7-17)4-6-13/h3-6H,9H2,1-2H3,(H2,19,21). The van der Waals surface area contributed by atoms with Crippen molar-refractivity contribution in [1.29, 1.82) is 10.5 Å². The van der Waals surface area contributed by atoms with Crippen LogP contribution in [0.3, 0.4) is 0 Å². The number of benzene rings is 1. The third-order valence-corrected chi connectivity index (χ3v) is 3.51. The lowest BCUT2D eigenvalue weighted by molar-refractivity contribution is -0.118. The Bertz CT molecular complexity index is 786. The van der Waals surface area contributed by atoms with E-state index >= 15 is 0 Å². The van der Waals surface area contributed by atoms with Crippen molar-refractivity contribution in [2.45, 2.75) is 20.4 Å². The third-order valence-electron chi connectivity index (χ3n) is 3.51. The highest BCUT2D eigenvalue weighted by atomic mass is 16.1. The predicted octanol–water partition coefficient (Wildman–Crippen LogP) is 2.00. The van der Waals surface area contributed by atoms with Crippen LogP contribution in [0.4, 0.5) is 0 Å². The molecule has 0 atom stereocenters. The largest absolute Gasteiger partial charge is 0.368 e. The Balaban J connectivity index is 2.65. The highest BCUT2D eigenvalue weighted by Crippen LogP contribution is 2.32. The van der Waals surface area contributed by atoms with Gasteiger partial charge in [-0.25, -0.2) is 0 Å². The normalized spacial score (nSPS) is 9.90. The number of hydrogen-bond donors (Lipinski definition) is 1. The van der Waals surface area contributed by atoms with Crippen LogP contribution in [-0.4, -0.2) is 10.5 Å². The molecule has 0 radical (unpaired) electrons. The van der Waals surface area contributed by atoms with Gasteiger partial charge in [0.15, 0.2) is 0 Å². The first kappa shape index (κ1) is 14.4. The fraction of sp³-hybridized carbons (Fsp3) is 0.188. The van der Waals surface area contributed by atoms with Crippen molar-refractivity contribution in [3.63, 3.8) is 0 Å². The zero-order valence-corrected chi connectivity index (χ0v) is 11.8. The molecule has 0 unspecified atom stereocenters. The summed E-state index contributed by atoms with van der Waals surface area (Å²) < 4.78 is 1.74. The van der Waals surface area contributed by atoms with Crippen LogP contribution in [0.25, 0.3) is 11.1 Å². The second kappa shape index (κ2) is 5.52. The number of nitrogens with two attached hydrogens (primary N) is 1. The van der Waals surface area contributed by atoms with Gasteiger partial charge in [0.2, 0.25) is 5.91 Å². The molecule has 2 aromatic rings. The Kier molecular flexibility index (Phi) is 3.77. The van der Waals surface area contributed by atoms with Crippen LogP contribution in [0, 0.1) is 36.5 Å². The number of nitrogens with zero attached hydrogens (tertiary/aromatic N) is 3. The van der Waals surface area contributed by atoms with Gasteiger partial charge in [0.1, 0.15) is 12.6 Å². The minimum atomic E-state index is -0.452. The van der Waals surface area contributed by atoms with E-state index in [1.54, 1.807) is 35.8 Å². The molecule has 1 heterocycles. The van der Waals surface area contributed by atoms with Crippen molar-refractivity contribution in [2.75, 3.05) is 0 Å². The maximum Gasteiger partial charge on any atom is 0.237 e. The van der Waals surface area contributed by atoms with Gasteiger partial charge in [-0.05, 0) is 31.5 Å². The molecule has 1 amide bonds. The number of carbonyl (C=O) groups is 1. The molecule has 1 aromatic carbocycles. The maximum absolute atomic E-state index is 11.2. The van der Waals surface area contributed by atoms with Gasteiger partial charge >= 0.3 is 0 Å². The fourth-order valence-electron chi connectivity index (χ4n) is 2.48. The van der Waals surface area contributed by atoms with Crippen LogP contribution >= 0.6 is 0 Å². The number of amides is 1. The van der Waals surface area contributed by atoms with E-state index in [2.05, 4.69) is 12.1 Å². The second-order valence-corrected chi connectivity index (χ2v) is 4.77. The van der Waals surface area contributed by atoms with E-state index < -0.39 is 5.91 Å². The summed E-state index contributed by atoms with van der Waals surface area (Å²) in [6, 6.07) is 11.3. The van der Waals surface area contributed by atoms with Gasteiger partial charge in [0, 0.05) is 17.0 Å². The second-order valence-electron chi connectivity index (χ2n) is 4.77. The van der Waals surface area contributed by atoms with Crippen molar-refractivity contribution >= 4 is 5.91 Å². The van der Waals surface area contributed by atoms with E-state index in [-0.39, 0.29) is 6.54 Å². The zero-order valence-electron chi connectivity index (χ0n) is 11.8. The summed E-state index contributed by atoms with van der Waals surface area (Å²) in [5, 5.41) is 18.2. The quantitative estimate of drug-likeness (QED) is 0.930. The van der Waals surface area contributed by atoms with Gasteiger partial charge in [-0.2, -0.15) is 10.5 Å². The molecule has 0 saturated carbocycles. The molecule has 5 heteroatoms. The average Bonchev–Trinajstić information content (AvgIpc) is 2.71. The predicted molar refractivity (Wildman–Crippen MR) is 78.0 cm³/mol.